The van der Waals surface area contributed by atoms with Gasteiger partial charge in [-0.1, -0.05) is 48.0 Å². The van der Waals surface area contributed by atoms with Gasteiger partial charge in [0.25, 0.3) is 5.60 Å². The third kappa shape index (κ3) is 4.28. The normalized spacial score (nSPS) is 14.5. The molecule has 0 fully saturated rings. The average Bonchev–Trinajstić information content (AvgIpc) is 2.59. The predicted molar refractivity (Wildman–Crippen MR) is 102 cm³/mol. The van der Waals surface area contributed by atoms with Crippen LogP contribution in [0.5, 0.6) is 0 Å². The molecule has 0 saturated carbocycles. The van der Waals surface area contributed by atoms with Crippen LogP contribution >= 0.6 is 0 Å². The van der Waals surface area contributed by atoms with Gasteiger partial charge in [-0.2, -0.15) is 13.2 Å². The van der Waals surface area contributed by atoms with Gasteiger partial charge in [-0.3, -0.25) is 0 Å². The molecule has 0 heterocycles. The van der Waals surface area contributed by atoms with Gasteiger partial charge in [-0.15, -0.1) is 0 Å². The fraction of sp³-hybridized carbons (Fsp3) is 0.318. The van der Waals surface area contributed by atoms with E-state index in [0.717, 1.165) is 16.7 Å². The van der Waals surface area contributed by atoms with E-state index in [2.05, 4.69) is 4.74 Å². The number of carbonyl (C=O) groups is 1. The zero-order chi connectivity index (χ0) is 21.1. The minimum Gasteiger partial charge on any atom is -0.463 e. The Labute approximate surface area is 162 Å². The van der Waals surface area contributed by atoms with Crippen molar-refractivity contribution in [1.29, 1.82) is 0 Å². The van der Waals surface area contributed by atoms with Crippen molar-refractivity contribution >= 4 is 11.5 Å². The number of hydrogen-bond acceptors (Lipinski definition) is 3. The van der Waals surface area contributed by atoms with Crippen LogP contribution in [0.4, 0.5) is 13.2 Å². The minimum atomic E-state index is -5.24. The molecule has 0 spiro atoms. The zero-order valence-corrected chi connectivity index (χ0v) is 16.2. The monoisotopic (exact) mass is 392 g/mol. The van der Waals surface area contributed by atoms with Crippen LogP contribution in [0.2, 0.25) is 0 Å². The van der Waals surface area contributed by atoms with Gasteiger partial charge in [0, 0.05) is 0 Å². The van der Waals surface area contributed by atoms with E-state index in [4.69, 9.17) is 0 Å². The Morgan fingerprint density at radius 2 is 1.61 bits per heavy atom. The van der Waals surface area contributed by atoms with Crippen molar-refractivity contribution in [2.45, 2.75) is 39.5 Å². The summed E-state index contributed by atoms with van der Waals surface area (Å²) in [7, 11) is 0. The van der Waals surface area contributed by atoms with Crippen molar-refractivity contribution in [3.05, 3.63) is 76.4 Å². The van der Waals surface area contributed by atoms with Crippen molar-refractivity contribution in [1.82, 2.24) is 0 Å². The number of esters is 1. The van der Waals surface area contributed by atoms with E-state index in [1.807, 2.05) is 19.1 Å². The summed E-state index contributed by atoms with van der Waals surface area (Å²) in [6, 6.07) is 12.0. The molecule has 2 aromatic rings. The molecule has 0 saturated heterocycles. The number of aryl methyl sites for hydroxylation is 3. The third-order valence-corrected chi connectivity index (χ3v) is 4.40. The van der Waals surface area contributed by atoms with E-state index in [1.165, 1.54) is 6.92 Å². The number of hydrogen-bond donors (Lipinski definition) is 1. The summed E-state index contributed by atoms with van der Waals surface area (Å²) >= 11 is 0. The standard InChI is InChI=1S/C22H23F3O3/c1-5-28-20(26)21(27,22(23,24)25)13-18(17-9-7-6-8-10-17)19-15(3)11-14(2)12-16(19)4/h6-13,27H,5H2,1-4H3/b18-13+. The van der Waals surface area contributed by atoms with Gasteiger partial charge < -0.3 is 9.84 Å². The van der Waals surface area contributed by atoms with Crippen LogP contribution in [0.15, 0.2) is 48.5 Å². The van der Waals surface area contributed by atoms with E-state index in [1.54, 1.807) is 44.2 Å². The van der Waals surface area contributed by atoms with Crippen LogP contribution in [-0.4, -0.2) is 29.5 Å². The number of carbonyl (C=O) groups excluding carboxylic acids is 1. The predicted octanol–water partition coefficient (Wildman–Crippen LogP) is 4.90. The molecule has 0 aromatic heterocycles. The molecule has 0 amide bonds. The van der Waals surface area contributed by atoms with E-state index in [-0.39, 0.29) is 12.2 Å². The Morgan fingerprint density at radius 1 is 1.07 bits per heavy atom. The lowest BCUT2D eigenvalue weighted by Crippen LogP contribution is -2.51. The molecule has 1 N–H and O–H groups in total. The summed E-state index contributed by atoms with van der Waals surface area (Å²) in [5.41, 5.74) is -0.237. The highest BCUT2D eigenvalue weighted by atomic mass is 19.4. The van der Waals surface area contributed by atoms with Crippen molar-refractivity contribution in [2.75, 3.05) is 6.61 Å². The van der Waals surface area contributed by atoms with Crippen molar-refractivity contribution < 1.29 is 27.8 Å². The van der Waals surface area contributed by atoms with Crippen molar-refractivity contribution in [2.24, 2.45) is 0 Å². The zero-order valence-electron chi connectivity index (χ0n) is 16.2. The Bertz CT molecular complexity index is 863. The Morgan fingerprint density at radius 3 is 2.07 bits per heavy atom. The largest absolute Gasteiger partial charge is 0.463 e. The van der Waals surface area contributed by atoms with E-state index >= 15 is 0 Å². The lowest BCUT2D eigenvalue weighted by Gasteiger charge is -2.27. The van der Waals surface area contributed by atoms with Gasteiger partial charge in [-0.25, -0.2) is 4.79 Å². The summed E-state index contributed by atoms with van der Waals surface area (Å²) in [6.07, 6.45) is -4.68. The second kappa shape index (κ2) is 8.19. The smallest absolute Gasteiger partial charge is 0.431 e. The SMILES string of the molecule is CCOC(=O)C(O)(/C=C(\c1ccccc1)c1c(C)cc(C)cc1C)C(F)(F)F. The van der Waals surface area contributed by atoms with Gasteiger partial charge in [0.2, 0.25) is 0 Å². The second-order valence-electron chi connectivity index (χ2n) is 6.68. The molecule has 0 aliphatic rings. The molecule has 0 bridgehead atoms. The Hall–Kier alpha value is -2.60. The molecule has 6 heteroatoms. The molecule has 28 heavy (non-hydrogen) atoms. The van der Waals surface area contributed by atoms with E-state index in [0.29, 0.717) is 17.2 Å². The number of benzene rings is 2. The molecular weight excluding hydrogens is 369 g/mol. The quantitative estimate of drug-likeness (QED) is 0.737. The number of rotatable bonds is 5. The average molecular weight is 392 g/mol. The lowest BCUT2D eigenvalue weighted by molar-refractivity contribution is -0.245. The maximum absolute atomic E-state index is 13.7. The lowest BCUT2D eigenvalue weighted by atomic mass is 9.86. The first-order valence-electron chi connectivity index (χ1n) is 8.84. The summed E-state index contributed by atoms with van der Waals surface area (Å²) in [5, 5.41) is 10.4. The van der Waals surface area contributed by atoms with Crippen molar-refractivity contribution in [3.63, 3.8) is 0 Å². The summed E-state index contributed by atoms with van der Waals surface area (Å²) in [6.45, 7) is 6.55. The summed E-state index contributed by atoms with van der Waals surface area (Å²) in [5.74, 6) is -1.75. The number of alkyl halides is 3. The fourth-order valence-electron chi connectivity index (χ4n) is 3.23. The van der Waals surface area contributed by atoms with Crippen LogP contribution in [0.1, 0.15) is 34.7 Å². The maximum Gasteiger partial charge on any atom is 0.431 e. The van der Waals surface area contributed by atoms with Crippen LogP contribution in [0.25, 0.3) is 5.57 Å². The first kappa shape index (κ1) is 21.7. The van der Waals surface area contributed by atoms with E-state index in [9.17, 15) is 23.1 Å². The summed E-state index contributed by atoms with van der Waals surface area (Å²) in [4.78, 5) is 12.1. The van der Waals surface area contributed by atoms with Gasteiger partial charge in [0.1, 0.15) is 0 Å². The van der Waals surface area contributed by atoms with Gasteiger partial charge in [-0.05, 0) is 61.6 Å². The molecule has 150 valence electrons. The number of ether oxygens (including phenoxy) is 1. The molecule has 0 radical (unpaired) electrons. The molecule has 0 aliphatic carbocycles. The van der Waals surface area contributed by atoms with E-state index < -0.39 is 17.7 Å². The molecule has 0 aliphatic heterocycles. The van der Waals surface area contributed by atoms with Crippen molar-refractivity contribution in [3.8, 4) is 0 Å². The highest BCUT2D eigenvalue weighted by Gasteiger charge is 2.59. The first-order chi connectivity index (χ1) is 13.0. The highest BCUT2D eigenvalue weighted by molar-refractivity contribution is 5.91. The first-order valence-corrected chi connectivity index (χ1v) is 8.84. The topological polar surface area (TPSA) is 46.5 Å². The Kier molecular flexibility index (Phi) is 6.34. The Balaban J connectivity index is 2.84. The molecule has 3 nitrogen and oxygen atoms in total. The highest BCUT2D eigenvalue weighted by Crippen LogP contribution is 2.38. The van der Waals surface area contributed by atoms with Gasteiger partial charge in [0.05, 0.1) is 6.61 Å². The third-order valence-electron chi connectivity index (χ3n) is 4.40. The van der Waals surface area contributed by atoms with Gasteiger partial charge in [0.15, 0.2) is 0 Å². The number of halogens is 3. The minimum absolute atomic E-state index is 0.114. The fourth-order valence-corrected chi connectivity index (χ4v) is 3.23. The molecule has 1 atom stereocenters. The molecule has 1 unspecified atom stereocenters. The molecule has 2 aromatic carbocycles. The summed E-state index contributed by atoms with van der Waals surface area (Å²) < 4.78 is 45.8. The molecule has 2 rings (SSSR count). The van der Waals surface area contributed by atoms with Gasteiger partial charge >= 0.3 is 12.1 Å². The number of aliphatic hydroxyl groups is 1. The van der Waals surface area contributed by atoms with Crippen LogP contribution in [0, 0.1) is 20.8 Å². The van der Waals surface area contributed by atoms with Crippen LogP contribution < -0.4 is 0 Å². The molecular formula is C22H23F3O3. The van der Waals surface area contributed by atoms with Crippen LogP contribution in [0.3, 0.4) is 0 Å². The second-order valence-corrected chi connectivity index (χ2v) is 6.68. The van der Waals surface area contributed by atoms with Crippen LogP contribution in [-0.2, 0) is 9.53 Å². The maximum atomic E-state index is 13.7.